The normalized spacial score (nSPS) is 22.6. The summed E-state index contributed by atoms with van der Waals surface area (Å²) < 4.78 is 0.806. The summed E-state index contributed by atoms with van der Waals surface area (Å²) in [5, 5.41) is 3.24. The Bertz CT molecular complexity index is 750. The van der Waals surface area contributed by atoms with Crippen LogP contribution in [0.5, 0.6) is 0 Å². The van der Waals surface area contributed by atoms with Crippen LogP contribution in [0, 0.1) is 0 Å². The van der Waals surface area contributed by atoms with E-state index in [4.69, 9.17) is 0 Å². The monoisotopic (exact) mass is 402 g/mol. The summed E-state index contributed by atoms with van der Waals surface area (Å²) in [6.07, 6.45) is 8.60. The quantitative estimate of drug-likeness (QED) is 0.750. The molecule has 3 aliphatic rings. The zero-order valence-electron chi connectivity index (χ0n) is 14.3. The first kappa shape index (κ1) is 16.8. The molecule has 1 spiro atoms. The van der Waals surface area contributed by atoms with Gasteiger partial charge in [-0.25, -0.2) is 0 Å². The molecule has 0 saturated heterocycles. The largest absolute Gasteiger partial charge is 0.329 e. The summed E-state index contributed by atoms with van der Waals surface area (Å²) in [7, 11) is 0. The first-order valence-electron chi connectivity index (χ1n) is 9.26. The van der Waals surface area contributed by atoms with Crippen LogP contribution in [0.1, 0.15) is 68.1 Å². The van der Waals surface area contributed by atoms with E-state index in [0.717, 1.165) is 67.1 Å². The van der Waals surface area contributed by atoms with E-state index in [1.807, 2.05) is 29.2 Å². The zero-order valence-corrected chi connectivity index (χ0v) is 15.9. The molecule has 0 radical (unpaired) electrons. The van der Waals surface area contributed by atoms with Gasteiger partial charge in [-0.1, -0.05) is 18.6 Å². The highest BCUT2D eigenvalue weighted by Gasteiger charge is 2.48. The minimum absolute atomic E-state index is 0.00350. The average Bonchev–Trinajstić information content (AvgIpc) is 2.63. The van der Waals surface area contributed by atoms with E-state index in [9.17, 15) is 9.59 Å². The Labute approximate surface area is 156 Å². The first-order chi connectivity index (χ1) is 12.1. The van der Waals surface area contributed by atoms with Crippen LogP contribution in [0.4, 0.5) is 0 Å². The number of carbonyl (C=O) groups is 2. The molecule has 0 unspecified atom stereocenters. The number of nitrogens with zero attached hydrogens (tertiary/aromatic N) is 1. The molecule has 5 heteroatoms. The van der Waals surface area contributed by atoms with E-state index in [2.05, 4.69) is 21.2 Å². The Hall–Kier alpha value is -1.62. The first-order valence-corrected chi connectivity index (χ1v) is 10.1. The van der Waals surface area contributed by atoms with Crippen LogP contribution in [0.3, 0.4) is 0 Å². The van der Waals surface area contributed by atoms with Gasteiger partial charge in [0, 0.05) is 15.7 Å². The summed E-state index contributed by atoms with van der Waals surface area (Å²) in [4.78, 5) is 28.3. The highest BCUT2D eigenvalue weighted by atomic mass is 79.9. The fourth-order valence-electron chi connectivity index (χ4n) is 4.54. The molecule has 1 N–H and O–H groups in total. The van der Waals surface area contributed by atoms with E-state index < -0.39 is 5.66 Å². The van der Waals surface area contributed by atoms with Gasteiger partial charge in [0.25, 0.3) is 11.8 Å². The standard InChI is InChI=1S/C20H23BrN2O2/c21-16-10-4-2-8-14(16)19(25)23-17-11-5-3-9-15(17)18(24)22-20(23)12-6-1-7-13-20/h2,4,8,10H,1,3,5-7,9,11-13H2,(H,22,24). The molecule has 25 heavy (non-hydrogen) atoms. The molecule has 132 valence electrons. The summed E-state index contributed by atoms with van der Waals surface area (Å²) in [5.74, 6) is 0.0524. The van der Waals surface area contributed by atoms with Crippen molar-refractivity contribution in [3.63, 3.8) is 0 Å². The number of carbonyl (C=O) groups excluding carboxylic acids is 2. The number of nitrogens with one attached hydrogen (secondary N) is 1. The number of amides is 2. The van der Waals surface area contributed by atoms with Gasteiger partial charge in [-0.2, -0.15) is 0 Å². The van der Waals surface area contributed by atoms with Crippen molar-refractivity contribution in [2.24, 2.45) is 0 Å². The molecule has 4 rings (SSSR count). The van der Waals surface area contributed by atoms with Crippen molar-refractivity contribution in [3.05, 3.63) is 45.6 Å². The smallest absolute Gasteiger partial charge is 0.261 e. The second-order valence-electron chi connectivity index (χ2n) is 7.30. The van der Waals surface area contributed by atoms with Crippen LogP contribution in [0.25, 0.3) is 0 Å². The molecule has 1 saturated carbocycles. The lowest BCUT2D eigenvalue weighted by atomic mass is 9.81. The van der Waals surface area contributed by atoms with Crippen molar-refractivity contribution in [2.75, 3.05) is 0 Å². The van der Waals surface area contributed by atoms with Crippen molar-refractivity contribution in [3.8, 4) is 0 Å². The third-order valence-electron chi connectivity index (χ3n) is 5.75. The van der Waals surface area contributed by atoms with Gasteiger partial charge in [-0.05, 0) is 79.4 Å². The summed E-state index contributed by atoms with van der Waals surface area (Å²) in [6, 6.07) is 7.58. The Morgan fingerprint density at radius 2 is 1.76 bits per heavy atom. The topological polar surface area (TPSA) is 49.4 Å². The van der Waals surface area contributed by atoms with Gasteiger partial charge in [0.15, 0.2) is 0 Å². The maximum atomic E-state index is 13.6. The van der Waals surface area contributed by atoms with E-state index in [1.165, 1.54) is 6.42 Å². The van der Waals surface area contributed by atoms with Gasteiger partial charge in [-0.15, -0.1) is 0 Å². The van der Waals surface area contributed by atoms with E-state index >= 15 is 0 Å². The number of halogens is 1. The molecule has 1 aromatic rings. The zero-order chi connectivity index (χ0) is 17.4. The molecule has 0 atom stereocenters. The molecule has 1 heterocycles. The predicted molar refractivity (Wildman–Crippen MR) is 99.8 cm³/mol. The molecule has 2 aliphatic carbocycles. The van der Waals surface area contributed by atoms with Crippen LogP contribution >= 0.6 is 15.9 Å². The Morgan fingerprint density at radius 3 is 2.52 bits per heavy atom. The summed E-state index contributed by atoms with van der Waals surface area (Å²) >= 11 is 3.52. The molecule has 2 amide bonds. The Morgan fingerprint density at radius 1 is 1.04 bits per heavy atom. The number of rotatable bonds is 1. The van der Waals surface area contributed by atoms with Crippen molar-refractivity contribution >= 4 is 27.7 Å². The predicted octanol–water partition coefficient (Wildman–Crippen LogP) is 4.51. The Kier molecular flexibility index (Phi) is 4.44. The van der Waals surface area contributed by atoms with E-state index in [1.54, 1.807) is 0 Å². The molecular formula is C20H23BrN2O2. The average molecular weight is 403 g/mol. The van der Waals surface area contributed by atoms with Gasteiger partial charge in [0.2, 0.25) is 0 Å². The van der Waals surface area contributed by atoms with Crippen molar-refractivity contribution in [2.45, 2.75) is 63.5 Å². The molecule has 0 bridgehead atoms. The molecule has 1 aromatic carbocycles. The summed E-state index contributed by atoms with van der Waals surface area (Å²) in [6.45, 7) is 0. The SMILES string of the molecule is O=C1NC2(CCCCC2)N(C(=O)c2ccccc2Br)C2=C1CCCC2. The molecule has 1 fully saturated rings. The fraction of sp³-hybridized carbons (Fsp3) is 0.500. The lowest BCUT2D eigenvalue weighted by Crippen LogP contribution is -2.66. The van der Waals surface area contributed by atoms with Gasteiger partial charge in [-0.3, -0.25) is 14.5 Å². The maximum absolute atomic E-state index is 13.6. The second-order valence-corrected chi connectivity index (χ2v) is 8.15. The number of benzene rings is 1. The second kappa shape index (κ2) is 6.60. The van der Waals surface area contributed by atoms with Crippen LogP contribution in [-0.4, -0.2) is 22.4 Å². The third kappa shape index (κ3) is 2.82. The van der Waals surface area contributed by atoms with Crippen LogP contribution in [-0.2, 0) is 4.79 Å². The highest BCUT2D eigenvalue weighted by molar-refractivity contribution is 9.10. The third-order valence-corrected chi connectivity index (χ3v) is 6.44. The summed E-state index contributed by atoms with van der Waals surface area (Å²) in [5.41, 5.74) is 1.92. The van der Waals surface area contributed by atoms with Crippen molar-refractivity contribution in [1.82, 2.24) is 10.2 Å². The van der Waals surface area contributed by atoms with Crippen LogP contribution in [0.2, 0.25) is 0 Å². The molecular weight excluding hydrogens is 380 g/mol. The molecule has 0 aromatic heterocycles. The Balaban J connectivity index is 1.84. The number of allylic oxidation sites excluding steroid dienone is 1. The van der Waals surface area contributed by atoms with E-state index in [0.29, 0.717) is 5.56 Å². The highest BCUT2D eigenvalue weighted by Crippen LogP contribution is 2.43. The van der Waals surface area contributed by atoms with Crippen LogP contribution < -0.4 is 5.32 Å². The lowest BCUT2D eigenvalue weighted by Gasteiger charge is -2.51. The van der Waals surface area contributed by atoms with Crippen molar-refractivity contribution in [1.29, 1.82) is 0 Å². The van der Waals surface area contributed by atoms with Gasteiger partial charge < -0.3 is 5.32 Å². The molecule has 1 aliphatic heterocycles. The lowest BCUT2D eigenvalue weighted by molar-refractivity contribution is -0.124. The van der Waals surface area contributed by atoms with Gasteiger partial charge in [0.1, 0.15) is 5.66 Å². The number of hydrogen-bond acceptors (Lipinski definition) is 2. The van der Waals surface area contributed by atoms with Crippen LogP contribution in [0.15, 0.2) is 40.0 Å². The molecule has 4 nitrogen and oxygen atoms in total. The minimum Gasteiger partial charge on any atom is -0.329 e. The van der Waals surface area contributed by atoms with Gasteiger partial charge in [0.05, 0.1) is 5.56 Å². The number of hydrogen-bond donors (Lipinski definition) is 1. The minimum atomic E-state index is -0.544. The fourth-order valence-corrected chi connectivity index (χ4v) is 4.99. The van der Waals surface area contributed by atoms with Gasteiger partial charge >= 0.3 is 0 Å². The maximum Gasteiger partial charge on any atom is 0.261 e. The van der Waals surface area contributed by atoms with Crippen molar-refractivity contribution < 1.29 is 9.59 Å². The van der Waals surface area contributed by atoms with E-state index in [-0.39, 0.29) is 11.8 Å².